The van der Waals surface area contributed by atoms with Crippen LogP contribution in [0.2, 0.25) is 0 Å². The lowest BCUT2D eigenvalue weighted by molar-refractivity contribution is 0.108. The maximum absolute atomic E-state index is 12.0. The van der Waals surface area contributed by atoms with Crippen LogP contribution >= 0.6 is 0 Å². The number of pyridine rings is 1. The SMILES string of the molecule is CC1OCCC1CNc1cc(=O)n(C)c2ccccc12. The minimum atomic E-state index is 0.0157. The van der Waals surface area contributed by atoms with Crippen molar-refractivity contribution >= 4 is 16.6 Å². The first kappa shape index (κ1) is 13.2. The molecule has 1 N–H and O–H groups in total. The van der Waals surface area contributed by atoms with Crippen LogP contribution in [0, 0.1) is 5.92 Å². The summed E-state index contributed by atoms with van der Waals surface area (Å²) in [5.41, 5.74) is 1.89. The highest BCUT2D eigenvalue weighted by Gasteiger charge is 2.23. The van der Waals surface area contributed by atoms with Crippen molar-refractivity contribution < 1.29 is 4.74 Å². The number of nitrogens with zero attached hydrogens (tertiary/aromatic N) is 1. The summed E-state index contributed by atoms with van der Waals surface area (Å²) in [6.45, 7) is 3.80. The van der Waals surface area contributed by atoms with Gasteiger partial charge in [-0.3, -0.25) is 4.79 Å². The van der Waals surface area contributed by atoms with E-state index in [1.807, 2.05) is 24.3 Å². The van der Waals surface area contributed by atoms with E-state index in [1.165, 1.54) is 0 Å². The molecule has 2 unspecified atom stereocenters. The lowest BCUT2D eigenvalue weighted by Gasteiger charge is -2.17. The Labute approximate surface area is 118 Å². The summed E-state index contributed by atoms with van der Waals surface area (Å²) < 4.78 is 7.26. The summed E-state index contributed by atoms with van der Waals surface area (Å²) >= 11 is 0. The zero-order chi connectivity index (χ0) is 14.1. The predicted molar refractivity (Wildman–Crippen MR) is 81.2 cm³/mol. The highest BCUT2D eigenvalue weighted by atomic mass is 16.5. The van der Waals surface area contributed by atoms with E-state index in [-0.39, 0.29) is 5.56 Å². The van der Waals surface area contributed by atoms with Crippen LogP contribution in [0.25, 0.3) is 10.9 Å². The largest absolute Gasteiger partial charge is 0.384 e. The summed E-state index contributed by atoms with van der Waals surface area (Å²) in [6.07, 6.45) is 1.37. The fourth-order valence-electron chi connectivity index (χ4n) is 2.84. The van der Waals surface area contributed by atoms with Gasteiger partial charge in [-0.15, -0.1) is 0 Å². The average Bonchev–Trinajstić information content (AvgIpc) is 2.87. The summed E-state index contributed by atoms with van der Waals surface area (Å²) in [6, 6.07) is 9.66. The average molecular weight is 272 g/mol. The van der Waals surface area contributed by atoms with Crippen LogP contribution < -0.4 is 10.9 Å². The first-order valence-corrected chi connectivity index (χ1v) is 7.11. The van der Waals surface area contributed by atoms with E-state index in [2.05, 4.69) is 12.2 Å². The maximum atomic E-state index is 12.0. The van der Waals surface area contributed by atoms with Crippen LogP contribution in [0.5, 0.6) is 0 Å². The van der Waals surface area contributed by atoms with Crippen molar-refractivity contribution in [2.24, 2.45) is 13.0 Å². The van der Waals surface area contributed by atoms with E-state index in [0.717, 1.165) is 36.2 Å². The van der Waals surface area contributed by atoms with Gasteiger partial charge in [0, 0.05) is 43.3 Å². The van der Waals surface area contributed by atoms with Crippen LogP contribution in [0.4, 0.5) is 5.69 Å². The normalized spacial score (nSPS) is 22.3. The topological polar surface area (TPSA) is 43.3 Å². The molecule has 20 heavy (non-hydrogen) atoms. The Bertz CT molecular complexity index is 678. The Morgan fingerprint density at radius 3 is 2.95 bits per heavy atom. The van der Waals surface area contributed by atoms with Gasteiger partial charge in [0.2, 0.25) is 0 Å². The minimum Gasteiger partial charge on any atom is -0.384 e. The van der Waals surface area contributed by atoms with E-state index in [9.17, 15) is 4.79 Å². The lowest BCUT2D eigenvalue weighted by atomic mass is 10.0. The van der Waals surface area contributed by atoms with Gasteiger partial charge in [0.1, 0.15) is 0 Å². The third-order valence-electron chi connectivity index (χ3n) is 4.24. The van der Waals surface area contributed by atoms with E-state index in [4.69, 9.17) is 4.74 Å². The molecule has 1 aliphatic heterocycles. The van der Waals surface area contributed by atoms with Crippen LogP contribution in [-0.4, -0.2) is 23.8 Å². The monoisotopic (exact) mass is 272 g/mol. The molecule has 1 saturated heterocycles. The number of aryl methyl sites for hydroxylation is 1. The standard InChI is InChI=1S/C16H20N2O2/c1-11-12(7-8-20-11)10-17-14-9-16(19)18(2)15-6-4-3-5-13(14)15/h3-6,9,11-12,17H,7-8,10H2,1-2H3. The van der Waals surface area contributed by atoms with Gasteiger partial charge >= 0.3 is 0 Å². The van der Waals surface area contributed by atoms with Gasteiger partial charge in [-0.05, 0) is 19.4 Å². The van der Waals surface area contributed by atoms with Crippen molar-refractivity contribution in [2.75, 3.05) is 18.5 Å². The molecule has 2 heterocycles. The highest BCUT2D eigenvalue weighted by Crippen LogP contribution is 2.24. The number of ether oxygens (including phenoxy) is 1. The molecule has 1 aromatic heterocycles. The fourth-order valence-corrected chi connectivity index (χ4v) is 2.84. The molecular formula is C16H20N2O2. The van der Waals surface area contributed by atoms with Crippen molar-refractivity contribution in [1.82, 2.24) is 4.57 Å². The molecule has 0 amide bonds. The van der Waals surface area contributed by atoms with Gasteiger partial charge in [-0.1, -0.05) is 18.2 Å². The zero-order valence-electron chi connectivity index (χ0n) is 11.9. The second-order valence-corrected chi connectivity index (χ2v) is 5.48. The van der Waals surface area contributed by atoms with Crippen LogP contribution in [0.3, 0.4) is 0 Å². The van der Waals surface area contributed by atoms with Gasteiger partial charge in [0.15, 0.2) is 0 Å². The number of para-hydroxylation sites is 1. The molecule has 4 nitrogen and oxygen atoms in total. The van der Waals surface area contributed by atoms with Crippen LogP contribution in [0.15, 0.2) is 35.1 Å². The Morgan fingerprint density at radius 2 is 2.20 bits per heavy atom. The summed E-state index contributed by atoms with van der Waals surface area (Å²) in [5, 5.41) is 4.52. The maximum Gasteiger partial charge on any atom is 0.252 e. The molecule has 0 radical (unpaired) electrons. The molecular weight excluding hydrogens is 252 g/mol. The number of fused-ring (bicyclic) bond motifs is 1. The van der Waals surface area contributed by atoms with Gasteiger partial charge < -0.3 is 14.6 Å². The second-order valence-electron chi connectivity index (χ2n) is 5.48. The number of benzene rings is 1. The first-order valence-electron chi connectivity index (χ1n) is 7.11. The molecule has 3 rings (SSSR count). The first-order chi connectivity index (χ1) is 9.66. The number of anilines is 1. The number of hydrogen-bond acceptors (Lipinski definition) is 3. The van der Waals surface area contributed by atoms with Crippen molar-refractivity contribution in [2.45, 2.75) is 19.4 Å². The molecule has 0 saturated carbocycles. The third-order valence-corrected chi connectivity index (χ3v) is 4.24. The van der Waals surface area contributed by atoms with Gasteiger partial charge in [0.05, 0.1) is 11.6 Å². The lowest BCUT2D eigenvalue weighted by Crippen LogP contribution is -2.23. The molecule has 0 aliphatic carbocycles. The fraction of sp³-hybridized carbons (Fsp3) is 0.438. The third kappa shape index (κ3) is 2.31. The minimum absolute atomic E-state index is 0.0157. The molecule has 106 valence electrons. The van der Waals surface area contributed by atoms with E-state index >= 15 is 0 Å². The number of nitrogens with one attached hydrogen (secondary N) is 1. The predicted octanol–water partition coefficient (Wildman–Crippen LogP) is 2.38. The molecule has 4 heteroatoms. The summed E-state index contributed by atoms with van der Waals surface area (Å²) in [7, 11) is 1.81. The van der Waals surface area contributed by atoms with Crippen molar-refractivity contribution in [3.05, 3.63) is 40.7 Å². The van der Waals surface area contributed by atoms with Crippen LogP contribution in [0.1, 0.15) is 13.3 Å². The molecule has 1 aromatic carbocycles. The molecule has 1 fully saturated rings. The van der Waals surface area contributed by atoms with E-state index in [0.29, 0.717) is 12.0 Å². The van der Waals surface area contributed by atoms with Crippen LogP contribution in [-0.2, 0) is 11.8 Å². The Balaban J connectivity index is 1.91. The zero-order valence-corrected chi connectivity index (χ0v) is 11.9. The Hall–Kier alpha value is -1.81. The van der Waals surface area contributed by atoms with Gasteiger partial charge in [-0.2, -0.15) is 0 Å². The number of aromatic nitrogens is 1. The summed E-state index contributed by atoms with van der Waals surface area (Å²) in [5.74, 6) is 0.512. The van der Waals surface area contributed by atoms with Gasteiger partial charge in [0.25, 0.3) is 5.56 Å². The summed E-state index contributed by atoms with van der Waals surface area (Å²) in [4.78, 5) is 12.0. The molecule has 0 spiro atoms. The van der Waals surface area contributed by atoms with E-state index in [1.54, 1.807) is 17.7 Å². The van der Waals surface area contributed by atoms with E-state index < -0.39 is 0 Å². The molecule has 0 bridgehead atoms. The molecule has 2 aromatic rings. The Morgan fingerprint density at radius 1 is 1.40 bits per heavy atom. The van der Waals surface area contributed by atoms with Crippen molar-refractivity contribution in [1.29, 1.82) is 0 Å². The molecule has 1 aliphatic rings. The van der Waals surface area contributed by atoms with Crippen molar-refractivity contribution in [3.63, 3.8) is 0 Å². The number of hydrogen-bond donors (Lipinski definition) is 1. The Kier molecular flexibility index (Phi) is 3.49. The van der Waals surface area contributed by atoms with Gasteiger partial charge in [-0.25, -0.2) is 0 Å². The molecule has 2 atom stereocenters. The highest BCUT2D eigenvalue weighted by molar-refractivity contribution is 5.91. The van der Waals surface area contributed by atoms with Crippen molar-refractivity contribution in [3.8, 4) is 0 Å². The quantitative estimate of drug-likeness (QED) is 0.933. The smallest absolute Gasteiger partial charge is 0.252 e. The second kappa shape index (κ2) is 5.29. The number of rotatable bonds is 3.